The predicted molar refractivity (Wildman–Crippen MR) is 102 cm³/mol. The normalized spacial score (nSPS) is 10.5. The number of hydrogen-bond acceptors (Lipinski definition) is 4. The largest absolute Gasteiger partial charge is 0.492 e. The second-order valence-corrected chi connectivity index (χ2v) is 6.45. The number of benzene rings is 1. The van der Waals surface area contributed by atoms with Crippen LogP contribution in [0.4, 0.5) is 0 Å². The van der Waals surface area contributed by atoms with Crippen LogP contribution < -0.4 is 10.1 Å². The van der Waals surface area contributed by atoms with Gasteiger partial charge in [0.15, 0.2) is 5.82 Å². The summed E-state index contributed by atoms with van der Waals surface area (Å²) in [5.74, 6) is 1.48. The van der Waals surface area contributed by atoms with Gasteiger partial charge < -0.3 is 10.1 Å². The average Bonchev–Trinajstić information content (AvgIpc) is 3.20. The summed E-state index contributed by atoms with van der Waals surface area (Å²) in [4.78, 5) is 16.4. The van der Waals surface area contributed by atoms with Gasteiger partial charge >= 0.3 is 0 Å². The lowest BCUT2D eigenvalue weighted by Gasteiger charge is -2.10. The van der Waals surface area contributed by atoms with Gasteiger partial charge in [0.2, 0.25) is 5.91 Å². The number of carbonyl (C=O) groups is 1. The Balaban J connectivity index is 1.44. The lowest BCUT2D eigenvalue weighted by molar-refractivity contribution is -0.121. The van der Waals surface area contributed by atoms with Gasteiger partial charge in [0.1, 0.15) is 5.75 Å². The Morgan fingerprint density at radius 2 is 2.04 bits per heavy atom. The lowest BCUT2D eigenvalue weighted by Crippen LogP contribution is -2.24. The van der Waals surface area contributed by atoms with Crippen LogP contribution in [0.1, 0.15) is 18.4 Å². The highest BCUT2D eigenvalue weighted by Gasteiger charge is 2.08. The molecule has 0 aliphatic rings. The number of hydrogen-bond donors (Lipinski definition) is 1. The first-order chi connectivity index (χ1) is 12.7. The van der Waals surface area contributed by atoms with E-state index in [4.69, 9.17) is 4.74 Å². The molecule has 1 amide bonds. The van der Waals surface area contributed by atoms with Crippen molar-refractivity contribution in [3.05, 3.63) is 71.1 Å². The van der Waals surface area contributed by atoms with Crippen LogP contribution in [-0.2, 0) is 11.3 Å². The van der Waals surface area contributed by atoms with Crippen molar-refractivity contribution in [3.63, 3.8) is 0 Å². The second kappa shape index (κ2) is 9.15. The van der Waals surface area contributed by atoms with Crippen molar-refractivity contribution in [2.45, 2.75) is 19.4 Å². The van der Waals surface area contributed by atoms with E-state index in [0.29, 0.717) is 26.0 Å². The van der Waals surface area contributed by atoms with Crippen molar-refractivity contribution < 1.29 is 9.53 Å². The average molecular weight is 415 g/mol. The van der Waals surface area contributed by atoms with E-state index in [1.54, 1.807) is 17.1 Å². The Kier molecular flexibility index (Phi) is 6.38. The molecule has 134 valence electrons. The number of nitrogens with zero attached hydrogens (tertiary/aromatic N) is 3. The Morgan fingerprint density at radius 3 is 2.85 bits per heavy atom. The second-order valence-electron chi connectivity index (χ2n) is 5.60. The van der Waals surface area contributed by atoms with Gasteiger partial charge in [-0.3, -0.25) is 4.79 Å². The number of nitrogens with one attached hydrogen (secondary N) is 1. The van der Waals surface area contributed by atoms with Gasteiger partial charge in [0, 0.05) is 37.1 Å². The minimum atomic E-state index is -0.0176. The third kappa shape index (κ3) is 4.92. The summed E-state index contributed by atoms with van der Waals surface area (Å²) < 4.78 is 8.27. The number of ether oxygens (including phenoxy) is 1. The third-order valence-electron chi connectivity index (χ3n) is 3.71. The fourth-order valence-electron chi connectivity index (χ4n) is 2.43. The van der Waals surface area contributed by atoms with E-state index in [0.717, 1.165) is 21.6 Å². The fraction of sp³-hybridized carbons (Fsp3) is 0.211. The van der Waals surface area contributed by atoms with E-state index in [1.807, 2.05) is 48.7 Å². The third-order valence-corrected chi connectivity index (χ3v) is 4.36. The molecule has 1 N–H and O–H groups in total. The number of aromatic nitrogens is 3. The quantitative estimate of drug-likeness (QED) is 0.572. The molecule has 0 bridgehead atoms. The molecule has 0 aliphatic heterocycles. The van der Waals surface area contributed by atoms with Crippen molar-refractivity contribution >= 4 is 21.8 Å². The van der Waals surface area contributed by atoms with Gasteiger partial charge in [-0.05, 0) is 46.6 Å². The van der Waals surface area contributed by atoms with Crippen LogP contribution in [0.25, 0.3) is 5.82 Å². The van der Waals surface area contributed by atoms with E-state index in [-0.39, 0.29) is 5.91 Å². The van der Waals surface area contributed by atoms with Crippen molar-refractivity contribution in [2.75, 3.05) is 6.61 Å². The van der Waals surface area contributed by atoms with Crippen LogP contribution in [0.5, 0.6) is 5.75 Å². The Bertz CT molecular complexity index is 852. The minimum Gasteiger partial charge on any atom is -0.492 e. The summed E-state index contributed by atoms with van der Waals surface area (Å²) in [6, 6.07) is 13.3. The molecule has 7 heteroatoms. The van der Waals surface area contributed by atoms with Crippen molar-refractivity contribution in [1.29, 1.82) is 0 Å². The van der Waals surface area contributed by atoms with Crippen molar-refractivity contribution in [3.8, 4) is 11.6 Å². The first kappa shape index (κ1) is 18.1. The molecule has 6 nitrogen and oxygen atoms in total. The number of rotatable bonds is 8. The molecule has 0 unspecified atom stereocenters. The van der Waals surface area contributed by atoms with Gasteiger partial charge in [-0.1, -0.05) is 18.2 Å². The highest BCUT2D eigenvalue weighted by molar-refractivity contribution is 9.10. The maximum atomic E-state index is 12.1. The predicted octanol–water partition coefficient (Wildman–Crippen LogP) is 3.51. The molecule has 3 rings (SSSR count). The van der Waals surface area contributed by atoms with Gasteiger partial charge in [0.05, 0.1) is 11.1 Å². The molecule has 3 aromatic rings. The van der Waals surface area contributed by atoms with E-state index in [2.05, 4.69) is 31.3 Å². The van der Waals surface area contributed by atoms with Gasteiger partial charge in [-0.15, -0.1) is 0 Å². The smallest absolute Gasteiger partial charge is 0.220 e. The number of halogens is 1. The molecule has 1 aromatic carbocycles. The number of amides is 1. The van der Waals surface area contributed by atoms with Crippen LogP contribution in [0.15, 0.2) is 65.5 Å². The van der Waals surface area contributed by atoms with Gasteiger partial charge in [-0.2, -0.15) is 5.10 Å². The maximum absolute atomic E-state index is 12.1. The highest BCUT2D eigenvalue weighted by Crippen LogP contribution is 2.23. The lowest BCUT2D eigenvalue weighted by atomic mass is 10.2. The highest BCUT2D eigenvalue weighted by atomic mass is 79.9. The summed E-state index contributed by atoms with van der Waals surface area (Å²) in [5.41, 5.74) is 0.911. The summed E-state index contributed by atoms with van der Waals surface area (Å²) in [6.45, 7) is 0.897. The molecule has 2 heterocycles. The standard InChI is InChI=1S/C19H19BrN4O2/c20-16-7-1-2-8-17(16)26-13-4-9-18(25)22-14-15-6-3-10-21-19(15)24-12-5-11-23-24/h1-3,5-8,10-12H,4,9,13-14H2,(H,22,25). The van der Waals surface area contributed by atoms with E-state index in [1.165, 1.54) is 0 Å². The number of carbonyl (C=O) groups excluding carboxylic acids is 1. The molecule has 0 atom stereocenters. The maximum Gasteiger partial charge on any atom is 0.220 e. The van der Waals surface area contributed by atoms with Crippen LogP contribution in [0, 0.1) is 0 Å². The molecule has 0 saturated carbocycles. The zero-order valence-electron chi connectivity index (χ0n) is 14.1. The fourth-order valence-corrected chi connectivity index (χ4v) is 2.83. The van der Waals surface area contributed by atoms with Gasteiger partial charge in [0.25, 0.3) is 0 Å². The van der Waals surface area contributed by atoms with E-state index in [9.17, 15) is 4.79 Å². The zero-order chi connectivity index (χ0) is 18.2. The Morgan fingerprint density at radius 1 is 1.15 bits per heavy atom. The van der Waals surface area contributed by atoms with Crippen LogP contribution in [0.3, 0.4) is 0 Å². The van der Waals surface area contributed by atoms with E-state index >= 15 is 0 Å². The Labute approximate surface area is 160 Å². The van der Waals surface area contributed by atoms with Crippen molar-refractivity contribution in [2.24, 2.45) is 0 Å². The summed E-state index contributed by atoms with van der Waals surface area (Å²) in [7, 11) is 0. The molecular weight excluding hydrogens is 396 g/mol. The first-order valence-electron chi connectivity index (χ1n) is 8.32. The van der Waals surface area contributed by atoms with Crippen LogP contribution >= 0.6 is 15.9 Å². The summed E-state index contributed by atoms with van der Waals surface area (Å²) in [5, 5.41) is 7.12. The van der Waals surface area contributed by atoms with Crippen molar-refractivity contribution in [1.82, 2.24) is 20.1 Å². The summed E-state index contributed by atoms with van der Waals surface area (Å²) >= 11 is 3.43. The molecule has 0 radical (unpaired) electrons. The van der Waals surface area contributed by atoms with Crippen LogP contribution in [-0.4, -0.2) is 27.3 Å². The molecular formula is C19H19BrN4O2. The molecule has 2 aromatic heterocycles. The minimum absolute atomic E-state index is 0.0176. The first-order valence-corrected chi connectivity index (χ1v) is 9.11. The molecule has 0 aliphatic carbocycles. The number of para-hydroxylation sites is 1. The van der Waals surface area contributed by atoms with Gasteiger partial charge in [-0.25, -0.2) is 9.67 Å². The van der Waals surface area contributed by atoms with Crippen LogP contribution in [0.2, 0.25) is 0 Å². The molecule has 26 heavy (non-hydrogen) atoms. The summed E-state index contributed by atoms with van der Waals surface area (Å²) in [6.07, 6.45) is 6.28. The number of pyridine rings is 1. The Hall–Kier alpha value is -2.67. The monoisotopic (exact) mass is 414 g/mol. The molecule has 0 saturated heterocycles. The SMILES string of the molecule is O=C(CCCOc1ccccc1Br)NCc1cccnc1-n1cccn1. The molecule has 0 spiro atoms. The van der Waals surface area contributed by atoms with E-state index < -0.39 is 0 Å². The molecule has 0 fully saturated rings. The zero-order valence-corrected chi connectivity index (χ0v) is 15.7. The topological polar surface area (TPSA) is 69.0 Å².